The maximum Gasteiger partial charge on any atom is 0.235 e. The molecule has 0 unspecified atom stereocenters. The van der Waals surface area contributed by atoms with E-state index in [0.717, 1.165) is 59.3 Å². The Kier molecular flexibility index (Phi) is 5.12. The van der Waals surface area contributed by atoms with Gasteiger partial charge >= 0.3 is 0 Å². The normalized spacial score (nSPS) is 15.2. The fourth-order valence-electron chi connectivity index (χ4n) is 3.93. The Hall–Kier alpha value is -2.58. The first-order valence-corrected chi connectivity index (χ1v) is 11.9. The molecule has 5 rings (SSSR count). The first-order valence-electron chi connectivity index (χ1n) is 10.1. The summed E-state index contributed by atoms with van der Waals surface area (Å²) >= 11 is 3.04. The van der Waals surface area contributed by atoms with Crippen LogP contribution in [0.15, 0.2) is 42.1 Å². The number of anilines is 1. The average molecular weight is 438 g/mol. The number of aromatic nitrogens is 3. The van der Waals surface area contributed by atoms with Crippen LogP contribution in [-0.2, 0) is 17.6 Å². The molecule has 2 aliphatic carbocycles. The van der Waals surface area contributed by atoms with Gasteiger partial charge < -0.3 is 11.1 Å². The first kappa shape index (κ1) is 19.4. The Bertz CT molecular complexity index is 1110. The third-order valence-electron chi connectivity index (χ3n) is 5.44. The third-order valence-corrected chi connectivity index (χ3v) is 7.58. The van der Waals surface area contributed by atoms with Gasteiger partial charge in [0.2, 0.25) is 5.91 Å². The minimum Gasteiger partial charge on any atom is -0.399 e. The van der Waals surface area contributed by atoms with Gasteiger partial charge in [-0.05, 0) is 49.8 Å². The van der Waals surface area contributed by atoms with Gasteiger partial charge in [0, 0.05) is 27.7 Å². The molecule has 2 aliphatic rings. The number of carbonyl (C=O) groups excluding carboxylic acids is 1. The standard InChI is InChI=1S/C22H23N5OS2/c1-13(23)19-16-8-5-9-17(16)30-21(19)24-18(28)12-29-22-26-25-20(14-10-11-14)27(22)15-6-3-2-4-7-15/h2-4,6-7,14H,1,5,8-12,23H2,(H,24,28). The van der Waals surface area contributed by atoms with Crippen molar-refractivity contribution in [1.82, 2.24) is 14.8 Å². The van der Waals surface area contributed by atoms with Crippen LogP contribution in [0.3, 0.4) is 0 Å². The minimum absolute atomic E-state index is 0.0713. The number of benzene rings is 1. The van der Waals surface area contributed by atoms with Crippen LogP contribution in [0.2, 0.25) is 0 Å². The van der Waals surface area contributed by atoms with Gasteiger partial charge in [0.25, 0.3) is 0 Å². The highest BCUT2D eigenvalue weighted by Crippen LogP contribution is 2.42. The summed E-state index contributed by atoms with van der Waals surface area (Å²) in [6.07, 6.45) is 5.49. The number of para-hydroxylation sites is 1. The lowest BCUT2D eigenvalue weighted by atomic mass is 10.1. The van der Waals surface area contributed by atoms with E-state index in [9.17, 15) is 4.79 Å². The number of hydrogen-bond acceptors (Lipinski definition) is 6. The number of fused-ring (bicyclic) bond motifs is 1. The van der Waals surface area contributed by atoms with Gasteiger partial charge in [-0.3, -0.25) is 9.36 Å². The monoisotopic (exact) mass is 437 g/mol. The summed E-state index contributed by atoms with van der Waals surface area (Å²) < 4.78 is 2.09. The SMILES string of the molecule is C=C(N)c1c(NC(=O)CSc2nnc(C3CC3)n2-c2ccccc2)sc2c1CCC2. The molecule has 2 aromatic heterocycles. The molecule has 2 heterocycles. The van der Waals surface area contributed by atoms with Crippen LogP contribution in [0.5, 0.6) is 0 Å². The lowest BCUT2D eigenvalue weighted by Crippen LogP contribution is -2.15. The summed E-state index contributed by atoms with van der Waals surface area (Å²) in [4.78, 5) is 14.1. The highest BCUT2D eigenvalue weighted by molar-refractivity contribution is 7.99. The van der Waals surface area contributed by atoms with Crippen molar-refractivity contribution in [2.45, 2.75) is 43.2 Å². The predicted octanol–water partition coefficient (Wildman–Crippen LogP) is 4.36. The molecular formula is C22H23N5OS2. The van der Waals surface area contributed by atoms with Crippen molar-refractivity contribution in [2.75, 3.05) is 11.1 Å². The molecule has 30 heavy (non-hydrogen) atoms. The zero-order valence-corrected chi connectivity index (χ0v) is 18.2. The molecule has 0 spiro atoms. The zero-order chi connectivity index (χ0) is 20.7. The number of carbonyl (C=O) groups is 1. The minimum atomic E-state index is -0.0713. The molecule has 3 aromatic rings. The average Bonchev–Trinajstić information content (AvgIpc) is 3.17. The van der Waals surface area contributed by atoms with Crippen molar-refractivity contribution >= 4 is 39.7 Å². The molecule has 0 bridgehead atoms. The summed E-state index contributed by atoms with van der Waals surface area (Å²) in [5, 5.41) is 13.4. The molecule has 0 radical (unpaired) electrons. The van der Waals surface area contributed by atoms with Crippen LogP contribution >= 0.6 is 23.1 Å². The van der Waals surface area contributed by atoms with Gasteiger partial charge in [-0.1, -0.05) is 36.5 Å². The van der Waals surface area contributed by atoms with Crippen LogP contribution in [0, 0.1) is 0 Å². The van der Waals surface area contributed by atoms with Crippen LogP contribution in [0.4, 0.5) is 5.00 Å². The Morgan fingerprint density at radius 3 is 2.80 bits per heavy atom. The predicted molar refractivity (Wildman–Crippen MR) is 122 cm³/mol. The van der Waals surface area contributed by atoms with Crippen LogP contribution in [-0.4, -0.2) is 26.4 Å². The molecule has 6 nitrogen and oxygen atoms in total. The number of nitrogens with zero attached hydrogens (tertiary/aromatic N) is 3. The molecule has 154 valence electrons. The number of nitrogens with one attached hydrogen (secondary N) is 1. The van der Waals surface area contributed by atoms with E-state index < -0.39 is 0 Å². The molecular weight excluding hydrogens is 414 g/mol. The lowest BCUT2D eigenvalue weighted by Gasteiger charge is -2.10. The van der Waals surface area contributed by atoms with Crippen LogP contribution in [0.1, 0.15) is 47.0 Å². The molecule has 8 heteroatoms. The van der Waals surface area contributed by atoms with Gasteiger partial charge in [0.15, 0.2) is 5.16 Å². The lowest BCUT2D eigenvalue weighted by molar-refractivity contribution is -0.113. The second-order valence-electron chi connectivity index (χ2n) is 7.71. The van der Waals surface area contributed by atoms with Crippen LogP contribution < -0.4 is 11.1 Å². The maximum atomic E-state index is 12.7. The van der Waals surface area contributed by atoms with E-state index in [4.69, 9.17) is 5.73 Å². The van der Waals surface area contributed by atoms with E-state index in [2.05, 4.69) is 26.7 Å². The van der Waals surface area contributed by atoms with Gasteiger partial charge in [0.1, 0.15) is 10.8 Å². The van der Waals surface area contributed by atoms with E-state index in [-0.39, 0.29) is 11.7 Å². The summed E-state index contributed by atoms with van der Waals surface area (Å²) in [6, 6.07) is 10.1. The summed E-state index contributed by atoms with van der Waals surface area (Å²) in [5.74, 6) is 1.64. The van der Waals surface area contributed by atoms with Gasteiger partial charge in [-0.2, -0.15) is 0 Å². The highest BCUT2D eigenvalue weighted by Gasteiger charge is 2.31. The molecule has 1 aromatic carbocycles. The van der Waals surface area contributed by atoms with Crippen molar-refractivity contribution in [2.24, 2.45) is 5.73 Å². The quantitative estimate of drug-likeness (QED) is 0.537. The van der Waals surface area contributed by atoms with Gasteiger partial charge in [-0.25, -0.2) is 0 Å². The largest absolute Gasteiger partial charge is 0.399 e. The number of aryl methyl sites for hydroxylation is 1. The molecule has 1 saturated carbocycles. The van der Waals surface area contributed by atoms with Crippen LogP contribution in [0.25, 0.3) is 11.4 Å². The van der Waals surface area contributed by atoms with Crippen molar-refractivity contribution < 1.29 is 4.79 Å². The Morgan fingerprint density at radius 2 is 2.07 bits per heavy atom. The molecule has 3 N–H and O–H groups in total. The van der Waals surface area contributed by atoms with E-state index >= 15 is 0 Å². The number of hydrogen-bond donors (Lipinski definition) is 2. The Balaban J connectivity index is 1.33. The first-order chi connectivity index (χ1) is 14.6. The Labute approximate surface area is 183 Å². The van der Waals surface area contributed by atoms with E-state index in [1.165, 1.54) is 22.2 Å². The number of rotatable bonds is 7. The summed E-state index contributed by atoms with van der Waals surface area (Å²) in [7, 11) is 0. The molecule has 0 aliphatic heterocycles. The second-order valence-corrected chi connectivity index (χ2v) is 9.76. The third kappa shape index (κ3) is 3.65. The van der Waals surface area contributed by atoms with Gasteiger partial charge in [-0.15, -0.1) is 21.5 Å². The number of thiophene rings is 1. The topological polar surface area (TPSA) is 85.8 Å². The molecule has 0 atom stereocenters. The van der Waals surface area contributed by atoms with Crippen molar-refractivity contribution in [3.05, 3.63) is 58.7 Å². The molecule has 0 saturated heterocycles. The fourth-order valence-corrected chi connectivity index (χ4v) is 6.03. The van der Waals surface area contributed by atoms with E-state index in [1.807, 2.05) is 30.3 Å². The number of thioether (sulfide) groups is 1. The van der Waals surface area contributed by atoms with Gasteiger partial charge in [0.05, 0.1) is 5.75 Å². The maximum absolute atomic E-state index is 12.7. The Morgan fingerprint density at radius 1 is 1.27 bits per heavy atom. The summed E-state index contributed by atoms with van der Waals surface area (Å²) in [5.41, 5.74) is 9.77. The number of nitrogens with two attached hydrogens (primary N) is 1. The van der Waals surface area contributed by atoms with E-state index in [0.29, 0.717) is 11.6 Å². The second kappa shape index (κ2) is 7.92. The van der Waals surface area contributed by atoms with Crippen molar-refractivity contribution in [3.63, 3.8) is 0 Å². The van der Waals surface area contributed by atoms with Crippen molar-refractivity contribution in [3.8, 4) is 5.69 Å². The summed E-state index contributed by atoms with van der Waals surface area (Å²) in [6.45, 7) is 3.91. The van der Waals surface area contributed by atoms with E-state index in [1.54, 1.807) is 11.3 Å². The molecule has 1 amide bonds. The smallest absolute Gasteiger partial charge is 0.235 e. The molecule has 1 fully saturated rings. The highest BCUT2D eigenvalue weighted by atomic mass is 32.2. The zero-order valence-electron chi connectivity index (χ0n) is 16.6. The number of amides is 1. The van der Waals surface area contributed by atoms with Crippen molar-refractivity contribution in [1.29, 1.82) is 0 Å². The fraction of sp³-hybridized carbons (Fsp3) is 0.318.